The summed E-state index contributed by atoms with van der Waals surface area (Å²) in [5.41, 5.74) is 5.77. The van der Waals surface area contributed by atoms with Crippen molar-refractivity contribution in [2.45, 2.75) is 232 Å². The molecule has 0 aliphatic heterocycles. The van der Waals surface area contributed by atoms with Crippen molar-refractivity contribution in [1.29, 1.82) is 0 Å². The SMILES string of the molecule is CCCCCCCCCCCC(O)c1cc(-c2nnc(-c3ccc(C(=O)NN)cc3)o2)cc(C(O)CCCCCCCCCCC)c1C(O)CCCCCCCCCCC. The third kappa shape index (κ3) is 19.3. The minimum atomic E-state index is -0.815. The number of aromatic nitrogens is 2. The van der Waals surface area contributed by atoms with Gasteiger partial charge in [-0.25, -0.2) is 5.84 Å². The zero-order valence-electron chi connectivity index (χ0n) is 38.0. The van der Waals surface area contributed by atoms with Crippen LogP contribution in [0.5, 0.6) is 0 Å². The van der Waals surface area contributed by atoms with Gasteiger partial charge in [0.2, 0.25) is 11.8 Å². The summed E-state index contributed by atoms with van der Waals surface area (Å²) in [4.78, 5) is 12.0. The van der Waals surface area contributed by atoms with E-state index in [9.17, 15) is 20.1 Å². The lowest BCUT2D eigenvalue weighted by Gasteiger charge is -2.26. The summed E-state index contributed by atoms with van der Waals surface area (Å²) in [7, 11) is 0. The highest BCUT2D eigenvalue weighted by Crippen LogP contribution is 2.40. The first-order chi connectivity index (χ1) is 29.3. The van der Waals surface area contributed by atoms with Gasteiger partial charge in [0.25, 0.3) is 5.91 Å². The lowest BCUT2D eigenvalue weighted by molar-refractivity contribution is 0.0953. The van der Waals surface area contributed by atoms with E-state index >= 15 is 0 Å². The molecular formula is C51H84N4O5. The highest BCUT2D eigenvalue weighted by Gasteiger charge is 2.27. The van der Waals surface area contributed by atoms with Crippen LogP contribution < -0.4 is 11.3 Å². The van der Waals surface area contributed by atoms with Gasteiger partial charge >= 0.3 is 0 Å². The summed E-state index contributed by atoms with van der Waals surface area (Å²) in [5.74, 6) is 5.47. The van der Waals surface area contributed by atoms with Crippen molar-refractivity contribution in [1.82, 2.24) is 15.6 Å². The molecule has 1 amide bonds. The van der Waals surface area contributed by atoms with E-state index in [4.69, 9.17) is 10.3 Å². The Bertz CT molecular complexity index is 1490. The third-order valence-electron chi connectivity index (χ3n) is 12.2. The van der Waals surface area contributed by atoms with Crippen molar-refractivity contribution in [3.8, 4) is 22.9 Å². The summed E-state index contributed by atoms with van der Waals surface area (Å²) in [6.07, 6.45) is 31.5. The highest BCUT2D eigenvalue weighted by atomic mass is 16.4. The number of hydrazine groups is 1. The van der Waals surface area contributed by atoms with Gasteiger partial charge in [-0.1, -0.05) is 194 Å². The zero-order valence-corrected chi connectivity index (χ0v) is 38.0. The molecule has 0 saturated carbocycles. The number of carbonyl (C=O) groups excluding carboxylic acids is 1. The van der Waals surface area contributed by atoms with E-state index in [0.29, 0.717) is 52.6 Å². The summed E-state index contributed by atoms with van der Waals surface area (Å²) < 4.78 is 6.23. The van der Waals surface area contributed by atoms with Crippen LogP contribution in [0.3, 0.4) is 0 Å². The van der Waals surface area contributed by atoms with Gasteiger partial charge in [0, 0.05) is 16.7 Å². The summed E-state index contributed by atoms with van der Waals surface area (Å²) in [6, 6.07) is 10.5. The predicted molar refractivity (Wildman–Crippen MR) is 247 cm³/mol. The van der Waals surface area contributed by atoms with Crippen LogP contribution >= 0.6 is 0 Å². The van der Waals surface area contributed by atoms with E-state index in [1.54, 1.807) is 24.3 Å². The standard InChI is InChI=1S/C51H84N4O5/c1-4-7-10-13-16-19-22-25-28-31-45(56)43-38-42(51-55-54-50(60-51)41-36-34-40(35-37-41)49(59)53-52)39-44(46(57)32-29-26-23-20-17-14-11-8-5-2)48(43)47(58)33-30-27-24-21-18-15-12-9-6-3/h34-39,45-47,56-58H,4-33,52H2,1-3H3,(H,53,59). The first kappa shape index (κ1) is 51.2. The maximum atomic E-state index is 12.0. The molecule has 0 spiro atoms. The van der Waals surface area contributed by atoms with E-state index in [1.165, 1.54) is 116 Å². The van der Waals surface area contributed by atoms with Gasteiger partial charge in [-0.3, -0.25) is 10.2 Å². The molecule has 0 bridgehead atoms. The second-order valence-corrected chi connectivity index (χ2v) is 17.4. The lowest BCUT2D eigenvalue weighted by Crippen LogP contribution is -2.29. The number of hydrogen-bond donors (Lipinski definition) is 5. The number of unbranched alkanes of at least 4 members (excludes halogenated alkanes) is 24. The number of amides is 1. The first-order valence-electron chi connectivity index (χ1n) is 24.5. The number of benzene rings is 2. The molecule has 1 aromatic heterocycles. The fraction of sp³-hybridized carbons (Fsp3) is 0.706. The Morgan fingerprint density at radius 1 is 0.517 bits per heavy atom. The molecule has 0 radical (unpaired) electrons. The second kappa shape index (κ2) is 31.7. The van der Waals surface area contributed by atoms with Crippen molar-refractivity contribution in [3.63, 3.8) is 0 Å². The van der Waals surface area contributed by atoms with Crippen LogP contribution in [0.2, 0.25) is 0 Å². The fourth-order valence-electron chi connectivity index (χ4n) is 8.46. The number of nitrogens with one attached hydrogen (secondary N) is 1. The highest BCUT2D eigenvalue weighted by molar-refractivity contribution is 5.94. The first-order valence-corrected chi connectivity index (χ1v) is 24.5. The third-order valence-corrected chi connectivity index (χ3v) is 12.2. The van der Waals surface area contributed by atoms with Crippen molar-refractivity contribution in [2.24, 2.45) is 5.84 Å². The molecule has 0 saturated heterocycles. The number of nitrogens with zero attached hydrogens (tertiary/aromatic N) is 2. The lowest BCUT2D eigenvalue weighted by atomic mass is 9.84. The topological polar surface area (TPSA) is 155 Å². The smallest absolute Gasteiger partial charge is 0.265 e. The number of aliphatic hydroxyl groups excluding tert-OH is 3. The maximum absolute atomic E-state index is 12.0. The Labute approximate surface area is 364 Å². The Balaban J connectivity index is 1.87. The average Bonchev–Trinajstić information content (AvgIpc) is 3.77. The number of hydrogen-bond acceptors (Lipinski definition) is 8. The quantitative estimate of drug-likeness (QED) is 0.0168. The van der Waals surface area contributed by atoms with Gasteiger partial charge in [-0.15, -0.1) is 10.2 Å². The van der Waals surface area contributed by atoms with Gasteiger partial charge < -0.3 is 19.7 Å². The molecule has 2 aromatic carbocycles. The Morgan fingerprint density at radius 3 is 1.22 bits per heavy atom. The van der Waals surface area contributed by atoms with Crippen molar-refractivity contribution in [2.75, 3.05) is 0 Å². The second-order valence-electron chi connectivity index (χ2n) is 17.4. The molecule has 338 valence electrons. The van der Waals surface area contributed by atoms with E-state index in [2.05, 4.69) is 36.4 Å². The van der Waals surface area contributed by atoms with E-state index in [1.807, 2.05) is 12.1 Å². The molecule has 1 heterocycles. The Kier molecular flexibility index (Phi) is 27.1. The van der Waals surface area contributed by atoms with E-state index in [-0.39, 0.29) is 11.8 Å². The minimum Gasteiger partial charge on any atom is -0.416 e. The number of rotatable bonds is 36. The number of nitrogens with two attached hydrogens (primary N) is 1. The van der Waals surface area contributed by atoms with Crippen molar-refractivity contribution in [3.05, 3.63) is 58.7 Å². The van der Waals surface area contributed by atoms with Crippen LogP contribution in [0.4, 0.5) is 0 Å². The van der Waals surface area contributed by atoms with Crippen LogP contribution in [0.15, 0.2) is 40.8 Å². The van der Waals surface area contributed by atoms with Gasteiger partial charge in [0.15, 0.2) is 0 Å². The van der Waals surface area contributed by atoms with Crippen molar-refractivity contribution < 1.29 is 24.5 Å². The van der Waals surface area contributed by atoms with Gasteiger partial charge in [0.1, 0.15) is 0 Å². The van der Waals surface area contributed by atoms with Crippen molar-refractivity contribution >= 4 is 5.91 Å². The number of aliphatic hydroxyl groups is 3. The minimum absolute atomic E-state index is 0.266. The molecule has 3 unspecified atom stereocenters. The molecule has 0 aliphatic rings. The van der Waals surface area contributed by atoms with E-state index in [0.717, 1.165) is 57.8 Å². The molecule has 60 heavy (non-hydrogen) atoms. The summed E-state index contributed by atoms with van der Waals surface area (Å²) in [5, 5.41) is 44.7. The zero-order chi connectivity index (χ0) is 43.2. The number of carbonyl (C=O) groups is 1. The normalized spacial score (nSPS) is 13.1. The van der Waals surface area contributed by atoms with Crippen LogP contribution in [0.25, 0.3) is 22.9 Å². The molecule has 9 heteroatoms. The molecule has 6 N–H and O–H groups in total. The molecule has 9 nitrogen and oxygen atoms in total. The van der Waals surface area contributed by atoms with Crippen LogP contribution in [0, 0.1) is 0 Å². The fourth-order valence-corrected chi connectivity index (χ4v) is 8.46. The largest absolute Gasteiger partial charge is 0.416 e. The predicted octanol–water partition coefficient (Wildman–Crippen LogP) is 13.9. The van der Waals surface area contributed by atoms with Crippen LogP contribution in [0.1, 0.15) is 259 Å². The average molecular weight is 833 g/mol. The van der Waals surface area contributed by atoms with Gasteiger partial charge in [0.05, 0.1) is 18.3 Å². The molecule has 3 rings (SSSR count). The summed E-state index contributed by atoms with van der Waals surface area (Å²) in [6.45, 7) is 6.74. The Morgan fingerprint density at radius 2 is 0.850 bits per heavy atom. The van der Waals surface area contributed by atoms with Crippen LogP contribution in [-0.2, 0) is 0 Å². The summed E-state index contributed by atoms with van der Waals surface area (Å²) >= 11 is 0. The molecular weight excluding hydrogens is 749 g/mol. The molecule has 3 aromatic rings. The molecule has 0 aliphatic carbocycles. The van der Waals surface area contributed by atoms with Gasteiger partial charge in [-0.2, -0.15) is 0 Å². The molecule has 3 atom stereocenters. The van der Waals surface area contributed by atoms with Gasteiger partial charge in [-0.05, 0) is 72.4 Å². The Hall–Kier alpha value is -3.11. The maximum Gasteiger partial charge on any atom is 0.265 e. The molecule has 0 fully saturated rings. The monoisotopic (exact) mass is 833 g/mol. The van der Waals surface area contributed by atoms with Crippen LogP contribution in [-0.4, -0.2) is 31.4 Å². The number of nitrogen functional groups attached to an aromatic ring is 1. The van der Waals surface area contributed by atoms with E-state index < -0.39 is 24.2 Å².